The maximum absolute atomic E-state index is 10.4. The van der Waals surface area contributed by atoms with E-state index < -0.39 is 0 Å². The molecule has 3 aromatic rings. The van der Waals surface area contributed by atoms with Crippen LogP contribution in [-0.2, 0) is 0 Å². The van der Waals surface area contributed by atoms with Gasteiger partial charge in [-0.25, -0.2) is 0 Å². The maximum atomic E-state index is 10.4. The largest absolute Gasteiger partial charge is 0.505 e. The van der Waals surface area contributed by atoms with Gasteiger partial charge >= 0.3 is 0 Å². The van der Waals surface area contributed by atoms with Gasteiger partial charge in [0.05, 0.1) is 11.4 Å². The minimum Gasteiger partial charge on any atom is -0.505 e. The maximum Gasteiger partial charge on any atom is 0.146 e. The number of aromatic hydroxyl groups is 1. The third-order valence-electron chi connectivity index (χ3n) is 3.41. The minimum absolute atomic E-state index is 0.299. The summed E-state index contributed by atoms with van der Waals surface area (Å²) in [5.74, 6) is 0.299. The van der Waals surface area contributed by atoms with Gasteiger partial charge in [-0.3, -0.25) is 0 Å². The highest BCUT2D eigenvalue weighted by atomic mass is 32.2. The summed E-state index contributed by atoms with van der Waals surface area (Å²) >= 11 is 1.56. The van der Waals surface area contributed by atoms with E-state index in [2.05, 4.69) is 22.2 Å². The van der Waals surface area contributed by atoms with E-state index in [1.807, 2.05) is 55.5 Å². The standard InChI is InChI=1S/C18H18N2OS/c1-2-19-17-12-16(20-22-13-8-4-3-5-9-13)14-10-6-7-11-15(14)18(17)21/h3-12,19-21H,2H2,1H3. The van der Waals surface area contributed by atoms with Crippen molar-refractivity contribution in [3.8, 4) is 5.75 Å². The van der Waals surface area contributed by atoms with Crippen LogP contribution in [0.2, 0.25) is 0 Å². The number of fused-ring (bicyclic) bond motifs is 1. The van der Waals surface area contributed by atoms with E-state index in [4.69, 9.17) is 0 Å². The van der Waals surface area contributed by atoms with Gasteiger partial charge in [-0.05, 0) is 37.1 Å². The van der Waals surface area contributed by atoms with E-state index >= 15 is 0 Å². The number of nitrogens with one attached hydrogen (secondary N) is 2. The zero-order valence-corrected chi connectivity index (χ0v) is 13.2. The Balaban J connectivity index is 1.98. The summed E-state index contributed by atoms with van der Waals surface area (Å²) in [7, 11) is 0. The van der Waals surface area contributed by atoms with Gasteiger partial charge in [0, 0.05) is 22.2 Å². The average Bonchev–Trinajstić information content (AvgIpc) is 2.57. The van der Waals surface area contributed by atoms with Crippen LogP contribution in [0.4, 0.5) is 11.4 Å². The molecule has 0 unspecified atom stereocenters. The van der Waals surface area contributed by atoms with Crippen LogP contribution >= 0.6 is 11.9 Å². The van der Waals surface area contributed by atoms with Crippen LogP contribution in [0.5, 0.6) is 5.75 Å². The van der Waals surface area contributed by atoms with Gasteiger partial charge in [0.25, 0.3) is 0 Å². The Bertz CT molecular complexity index is 775. The molecular formula is C18H18N2OS. The normalized spacial score (nSPS) is 10.6. The molecule has 0 saturated heterocycles. The topological polar surface area (TPSA) is 44.3 Å². The molecule has 0 aliphatic carbocycles. The van der Waals surface area contributed by atoms with Crippen LogP contribution < -0.4 is 10.0 Å². The molecule has 0 radical (unpaired) electrons. The van der Waals surface area contributed by atoms with Crippen LogP contribution in [0.25, 0.3) is 10.8 Å². The van der Waals surface area contributed by atoms with E-state index in [9.17, 15) is 5.11 Å². The zero-order chi connectivity index (χ0) is 15.4. The third-order valence-corrected chi connectivity index (χ3v) is 4.24. The van der Waals surface area contributed by atoms with Crippen molar-refractivity contribution in [2.45, 2.75) is 11.8 Å². The van der Waals surface area contributed by atoms with Crippen LogP contribution in [0, 0.1) is 0 Å². The van der Waals surface area contributed by atoms with Crippen molar-refractivity contribution < 1.29 is 5.11 Å². The quantitative estimate of drug-likeness (QED) is 0.349. The lowest BCUT2D eigenvalue weighted by atomic mass is 10.1. The van der Waals surface area contributed by atoms with Crippen molar-refractivity contribution in [1.82, 2.24) is 0 Å². The molecule has 0 heterocycles. The molecule has 0 saturated carbocycles. The highest BCUT2D eigenvalue weighted by Crippen LogP contribution is 2.39. The van der Waals surface area contributed by atoms with Crippen LogP contribution in [0.3, 0.4) is 0 Å². The van der Waals surface area contributed by atoms with Crippen LogP contribution in [0.1, 0.15) is 6.92 Å². The molecule has 3 rings (SSSR count). The lowest BCUT2D eigenvalue weighted by Gasteiger charge is -2.14. The SMILES string of the molecule is CCNc1cc(NSc2ccccc2)c2ccccc2c1O. The molecule has 0 fully saturated rings. The molecule has 4 heteroatoms. The highest BCUT2D eigenvalue weighted by molar-refractivity contribution is 8.00. The number of hydrogen-bond acceptors (Lipinski definition) is 4. The van der Waals surface area contributed by atoms with E-state index in [-0.39, 0.29) is 0 Å². The molecule has 112 valence electrons. The molecule has 0 amide bonds. The number of phenols is 1. The van der Waals surface area contributed by atoms with Gasteiger partial charge in [-0.1, -0.05) is 42.5 Å². The van der Waals surface area contributed by atoms with E-state index in [1.165, 1.54) is 0 Å². The first-order valence-corrected chi connectivity index (χ1v) is 8.07. The molecule has 3 N–H and O–H groups in total. The molecular weight excluding hydrogens is 292 g/mol. The molecule has 3 aromatic carbocycles. The number of benzene rings is 3. The fraction of sp³-hybridized carbons (Fsp3) is 0.111. The molecule has 3 nitrogen and oxygen atoms in total. The number of phenolic OH excluding ortho intramolecular Hbond substituents is 1. The predicted octanol–water partition coefficient (Wildman–Crippen LogP) is 5.10. The first kappa shape index (κ1) is 14.6. The Morgan fingerprint density at radius 1 is 0.909 bits per heavy atom. The minimum atomic E-state index is 0.299. The molecule has 0 aliphatic heterocycles. The summed E-state index contributed by atoms with van der Waals surface area (Å²) in [5, 5.41) is 15.4. The number of anilines is 2. The van der Waals surface area contributed by atoms with Gasteiger partial charge < -0.3 is 15.1 Å². The Morgan fingerprint density at radius 2 is 1.59 bits per heavy atom. The molecule has 0 spiro atoms. The Hall–Kier alpha value is -2.33. The lowest BCUT2D eigenvalue weighted by molar-refractivity contribution is 0.483. The summed E-state index contributed by atoms with van der Waals surface area (Å²) in [6.07, 6.45) is 0. The fourth-order valence-electron chi connectivity index (χ4n) is 2.37. The number of hydrogen-bond donors (Lipinski definition) is 3. The first-order valence-electron chi connectivity index (χ1n) is 7.26. The fourth-order valence-corrected chi connectivity index (χ4v) is 3.06. The second-order valence-corrected chi connectivity index (χ2v) is 5.79. The van der Waals surface area contributed by atoms with Crippen molar-refractivity contribution in [3.05, 3.63) is 60.7 Å². The summed E-state index contributed by atoms with van der Waals surface area (Å²) < 4.78 is 3.40. The highest BCUT2D eigenvalue weighted by Gasteiger charge is 2.10. The Labute approximate surface area is 134 Å². The van der Waals surface area contributed by atoms with Crippen LogP contribution in [-0.4, -0.2) is 11.7 Å². The van der Waals surface area contributed by atoms with Gasteiger partial charge in [-0.2, -0.15) is 0 Å². The van der Waals surface area contributed by atoms with E-state index in [0.29, 0.717) is 5.75 Å². The second kappa shape index (κ2) is 6.62. The molecule has 0 bridgehead atoms. The third kappa shape index (κ3) is 2.97. The molecule has 0 aliphatic rings. The first-order chi connectivity index (χ1) is 10.8. The summed E-state index contributed by atoms with van der Waals surface area (Å²) in [4.78, 5) is 1.14. The van der Waals surface area contributed by atoms with Crippen molar-refractivity contribution in [2.24, 2.45) is 0 Å². The van der Waals surface area contributed by atoms with Crippen molar-refractivity contribution in [2.75, 3.05) is 16.6 Å². The zero-order valence-electron chi connectivity index (χ0n) is 12.3. The van der Waals surface area contributed by atoms with Gasteiger partial charge in [-0.15, -0.1) is 0 Å². The smallest absolute Gasteiger partial charge is 0.146 e. The Morgan fingerprint density at radius 3 is 2.32 bits per heavy atom. The van der Waals surface area contributed by atoms with Crippen molar-refractivity contribution in [3.63, 3.8) is 0 Å². The van der Waals surface area contributed by atoms with Crippen LogP contribution in [0.15, 0.2) is 65.6 Å². The van der Waals surface area contributed by atoms with Gasteiger partial charge in [0.2, 0.25) is 0 Å². The summed E-state index contributed by atoms with van der Waals surface area (Å²) in [6.45, 7) is 2.78. The molecule has 22 heavy (non-hydrogen) atoms. The van der Waals surface area contributed by atoms with E-state index in [0.717, 1.165) is 33.6 Å². The van der Waals surface area contributed by atoms with Gasteiger partial charge in [0.1, 0.15) is 5.75 Å². The van der Waals surface area contributed by atoms with Crippen molar-refractivity contribution in [1.29, 1.82) is 0 Å². The second-order valence-electron chi connectivity index (χ2n) is 4.91. The lowest BCUT2D eigenvalue weighted by Crippen LogP contribution is -1.99. The Kier molecular flexibility index (Phi) is 4.39. The molecule has 0 aromatic heterocycles. The van der Waals surface area contributed by atoms with Gasteiger partial charge in [0.15, 0.2) is 0 Å². The summed E-state index contributed by atoms with van der Waals surface area (Å²) in [5.41, 5.74) is 1.73. The summed E-state index contributed by atoms with van der Waals surface area (Å²) in [6, 6.07) is 20.0. The molecule has 0 atom stereocenters. The predicted molar refractivity (Wildman–Crippen MR) is 95.7 cm³/mol. The van der Waals surface area contributed by atoms with E-state index in [1.54, 1.807) is 11.9 Å². The average molecular weight is 310 g/mol. The monoisotopic (exact) mass is 310 g/mol. The van der Waals surface area contributed by atoms with Crippen molar-refractivity contribution >= 4 is 34.1 Å². The number of rotatable bonds is 5.